The summed E-state index contributed by atoms with van der Waals surface area (Å²) in [7, 11) is 0. The Hall–Kier alpha value is -1.78. The van der Waals surface area contributed by atoms with E-state index >= 15 is 0 Å². The van der Waals surface area contributed by atoms with E-state index in [4.69, 9.17) is 10.5 Å². The van der Waals surface area contributed by atoms with Crippen LogP contribution in [0, 0.1) is 5.92 Å². The second-order valence-corrected chi connectivity index (χ2v) is 6.85. The van der Waals surface area contributed by atoms with E-state index in [0.29, 0.717) is 18.2 Å². The number of rotatable bonds is 1. The summed E-state index contributed by atoms with van der Waals surface area (Å²) in [5, 5.41) is 0. The number of carbonyl (C=O) groups is 1. The van der Waals surface area contributed by atoms with Crippen LogP contribution >= 0.6 is 0 Å². The van der Waals surface area contributed by atoms with Crippen molar-refractivity contribution in [2.24, 2.45) is 5.92 Å². The van der Waals surface area contributed by atoms with E-state index in [-0.39, 0.29) is 12.1 Å². The van der Waals surface area contributed by atoms with Crippen LogP contribution in [0.4, 0.5) is 10.5 Å². The Balaban J connectivity index is 2.21. The molecular formula is C16H25N3O2. The van der Waals surface area contributed by atoms with Crippen molar-refractivity contribution in [1.29, 1.82) is 0 Å². The number of carbonyl (C=O) groups excluding carboxylic acids is 1. The minimum atomic E-state index is -0.489. The smallest absolute Gasteiger partial charge is 0.410 e. The van der Waals surface area contributed by atoms with Gasteiger partial charge in [0, 0.05) is 6.54 Å². The number of pyridine rings is 1. The van der Waals surface area contributed by atoms with Gasteiger partial charge in [-0.15, -0.1) is 0 Å². The Bertz CT molecular complexity index is 493. The van der Waals surface area contributed by atoms with Crippen LogP contribution in [0.5, 0.6) is 0 Å². The van der Waals surface area contributed by atoms with Crippen LogP contribution in [0.2, 0.25) is 0 Å². The maximum Gasteiger partial charge on any atom is 0.410 e. The molecule has 0 aromatic carbocycles. The van der Waals surface area contributed by atoms with Gasteiger partial charge in [0.15, 0.2) is 0 Å². The molecular weight excluding hydrogens is 266 g/mol. The Morgan fingerprint density at radius 3 is 2.67 bits per heavy atom. The molecule has 0 radical (unpaired) electrons. The second-order valence-electron chi connectivity index (χ2n) is 6.85. The first-order chi connectivity index (χ1) is 9.76. The van der Waals surface area contributed by atoms with Gasteiger partial charge < -0.3 is 10.5 Å². The van der Waals surface area contributed by atoms with E-state index in [0.717, 1.165) is 18.5 Å². The largest absolute Gasteiger partial charge is 0.444 e. The van der Waals surface area contributed by atoms with Crippen LogP contribution in [-0.2, 0) is 4.74 Å². The molecule has 1 saturated heterocycles. The number of aromatic nitrogens is 1. The second kappa shape index (κ2) is 5.92. The highest BCUT2D eigenvalue weighted by atomic mass is 16.6. The molecule has 2 rings (SSSR count). The molecule has 0 unspecified atom stereocenters. The summed E-state index contributed by atoms with van der Waals surface area (Å²) < 4.78 is 5.54. The number of likely N-dealkylation sites (tertiary alicyclic amines) is 1. The van der Waals surface area contributed by atoms with Gasteiger partial charge in [-0.05, 0) is 51.7 Å². The van der Waals surface area contributed by atoms with E-state index in [1.54, 1.807) is 11.1 Å². The van der Waals surface area contributed by atoms with Gasteiger partial charge in [0.1, 0.15) is 5.60 Å². The Labute approximate surface area is 126 Å². The third-order valence-electron chi connectivity index (χ3n) is 3.60. The van der Waals surface area contributed by atoms with Gasteiger partial charge in [-0.25, -0.2) is 4.79 Å². The highest BCUT2D eigenvalue weighted by Crippen LogP contribution is 2.33. The fraction of sp³-hybridized carbons (Fsp3) is 0.625. The predicted molar refractivity (Wildman–Crippen MR) is 82.7 cm³/mol. The lowest BCUT2D eigenvalue weighted by Crippen LogP contribution is -2.44. The molecule has 116 valence electrons. The van der Waals surface area contributed by atoms with Crippen molar-refractivity contribution in [2.45, 2.75) is 52.2 Å². The van der Waals surface area contributed by atoms with Gasteiger partial charge in [0.25, 0.3) is 0 Å². The van der Waals surface area contributed by atoms with Gasteiger partial charge in [-0.3, -0.25) is 9.88 Å². The zero-order valence-corrected chi connectivity index (χ0v) is 13.3. The number of anilines is 1. The predicted octanol–water partition coefficient (Wildman–Crippen LogP) is 3.37. The zero-order valence-electron chi connectivity index (χ0n) is 13.3. The fourth-order valence-corrected chi connectivity index (χ4v) is 2.60. The molecule has 1 aromatic rings. The van der Waals surface area contributed by atoms with Crippen LogP contribution in [0.3, 0.4) is 0 Å². The van der Waals surface area contributed by atoms with Gasteiger partial charge in [0.05, 0.1) is 23.6 Å². The standard InChI is InChI=1S/C16H25N3O2/c1-11-5-8-14(13-7-6-12(17)9-18-13)19(10-11)15(20)21-16(2,3)4/h6-7,9,11,14H,5,8,10,17H2,1-4H3/t11-,14+/m1/s1. The minimum Gasteiger partial charge on any atom is -0.444 e. The molecule has 1 aliphatic heterocycles. The van der Waals surface area contributed by atoms with Crippen molar-refractivity contribution in [3.05, 3.63) is 24.0 Å². The summed E-state index contributed by atoms with van der Waals surface area (Å²) in [5.41, 5.74) is 6.71. The third kappa shape index (κ3) is 4.09. The first kappa shape index (κ1) is 15.6. The minimum absolute atomic E-state index is 0.0309. The Morgan fingerprint density at radius 2 is 2.10 bits per heavy atom. The van der Waals surface area contributed by atoms with Gasteiger partial charge in [-0.1, -0.05) is 6.92 Å². The number of nitrogens with two attached hydrogens (primary N) is 1. The van der Waals surface area contributed by atoms with Gasteiger partial charge in [0.2, 0.25) is 0 Å². The van der Waals surface area contributed by atoms with Crippen LogP contribution in [0.1, 0.15) is 52.3 Å². The lowest BCUT2D eigenvalue weighted by molar-refractivity contribution is 0.00307. The highest BCUT2D eigenvalue weighted by molar-refractivity contribution is 5.69. The maximum atomic E-state index is 12.5. The van der Waals surface area contributed by atoms with E-state index in [1.807, 2.05) is 32.9 Å². The average molecular weight is 291 g/mol. The van der Waals surface area contributed by atoms with E-state index in [2.05, 4.69) is 11.9 Å². The third-order valence-corrected chi connectivity index (χ3v) is 3.60. The molecule has 0 bridgehead atoms. The molecule has 2 atom stereocenters. The highest BCUT2D eigenvalue weighted by Gasteiger charge is 2.34. The number of hydrogen-bond acceptors (Lipinski definition) is 4. The van der Waals surface area contributed by atoms with Crippen molar-refractivity contribution >= 4 is 11.8 Å². The maximum absolute atomic E-state index is 12.5. The van der Waals surface area contributed by atoms with Crippen LogP contribution < -0.4 is 5.73 Å². The van der Waals surface area contributed by atoms with Crippen molar-refractivity contribution in [2.75, 3.05) is 12.3 Å². The number of amides is 1. The SMILES string of the molecule is C[C@@H]1CC[C@@H](c2ccc(N)cn2)N(C(=O)OC(C)(C)C)C1. The monoisotopic (exact) mass is 291 g/mol. The molecule has 0 aliphatic carbocycles. The van der Waals surface area contributed by atoms with Crippen molar-refractivity contribution in [3.63, 3.8) is 0 Å². The Morgan fingerprint density at radius 1 is 1.38 bits per heavy atom. The summed E-state index contributed by atoms with van der Waals surface area (Å²) in [6, 6.07) is 3.69. The van der Waals surface area contributed by atoms with E-state index in [9.17, 15) is 4.79 Å². The molecule has 2 N–H and O–H groups in total. The van der Waals surface area contributed by atoms with Gasteiger partial charge in [-0.2, -0.15) is 0 Å². The summed E-state index contributed by atoms with van der Waals surface area (Å²) in [4.78, 5) is 18.6. The van der Waals surface area contributed by atoms with Crippen LogP contribution in [-0.4, -0.2) is 28.1 Å². The number of piperidine rings is 1. The molecule has 1 fully saturated rings. The van der Waals surface area contributed by atoms with Gasteiger partial charge >= 0.3 is 6.09 Å². The first-order valence-corrected chi connectivity index (χ1v) is 7.47. The lowest BCUT2D eigenvalue weighted by Gasteiger charge is -2.39. The normalized spacial score (nSPS) is 23.0. The van der Waals surface area contributed by atoms with Crippen molar-refractivity contribution < 1.29 is 9.53 Å². The van der Waals surface area contributed by atoms with E-state index in [1.165, 1.54) is 0 Å². The molecule has 5 heteroatoms. The molecule has 5 nitrogen and oxygen atoms in total. The molecule has 21 heavy (non-hydrogen) atoms. The van der Waals surface area contributed by atoms with Crippen molar-refractivity contribution in [3.8, 4) is 0 Å². The molecule has 2 heterocycles. The topological polar surface area (TPSA) is 68.5 Å². The summed E-state index contributed by atoms with van der Waals surface area (Å²) in [5.74, 6) is 0.475. The molecule has 1 aromatic heterocycles. The van der Waals surface area contributed by atoms with E-state index < -0.39 is 5.60 Å². The van der Waals surface area contributed by atoms with Crippen LogP contribution in [0.15, 0.2) is 18.3 Å². The quantitative estimate of drug-likeness (QED) is 0.861. The average Bonchev–Trinajstić information content (AvgIpc) is 2.38. The molecule has 1 amide bonds. The zero-order chi connectivity index (χ0) is 15.6. The summed E-state index contributed by atoms with van der Waals surface area (Å²) in [6.45, 7) is 8.51. The molecule has 0 saturated carbocycles. The lowest BCUT2D eigenvalue weighted by atomic mass is 9.92. The number of nitrogen functional groups attached to an aromatic ring is 1. The fourth-order valence-electron chi connectivity index (χ4n) is 2.60. The Kier molecular flexibility index (Phi) is 4.40. The molecule has 1 aliphatic rings. The van der Waals surface area contributed by atoms with Crippen molar-refractivity contribution in [1.82, 2.24) is 9.88 Å². The number of nitrogens with zero attached hydrogens (tertiary/aromatic N) is 2. The number of hydrogen-bond donors (Lipinski definition) is 1. The molecule has 0 spiro atoms. The summed E-state index contributed by atoms with van der Waals surface area (Å²) in [6.07, 6.45) is 3.35. The summed E-state index contributed by atoms with van der Waals surface area (Å²) >= 11 is 0. The number of ether oxygens (including phenoxy) is 1. The first-order valence-electron chi connectivity index (χ1n) is 7.47. The van der Waals surface area contributed by atoms with Crippen LogP contribution in [0.25, 0.3) is 0 Å².